The number of carbonyl (C=O) groups excluding carboxylic acids is 1. The molecule has 0 unspecified atom stereocenters. The second-order valence-electron chi connectivity index (χ2n) is 5.28. The predicted molar refractivity (Wildman–Crippen MR) is 72.5 cm³/mol. The van der Waals surface area contributed by atoms with Crippen LogP contribution in [0.25, 0.3) is 0 Å². The maximum atomic E-state index is 12.1. The lowest BCUT2D eigenvalue weighted by molar-refractivity contribution is -0.131. The molecular weight excluding hydrogens is 242 g/mol. The van der Waals surface area contributed by atoms with Gasteiger partial charge < -0.3 is 9.80 Å². The molecule has 6 nitrogen and oxygen atoms in total. The van der Waals surface area contributed by atoms with E-state index in [1.54, 1.807) is 17.1 Å². The summed E-state index contributed by atoms with van der Waals surface area (Å²) in [6.07, 6.45) is 5.76. The first-order chi connectivity index (χ1) is 9.19. The highest BCUT2D eigenvalue weighted by Crippen LogP contribution is 2.17. The Morgan fingerprint density at radius 1 is 1.53 bits per heavy atom. The number of rotatable bonds is 5. The number of aromatic nitrogens is 3. The summed E-state index contributed by atoms with van der Waals surface area (Å²) in [5.74, 6) is 0.692. The van der Waals surface area contributed by atoms with E-state index in [9.17, 15) is 4.79 Å². The van der Waals surface area contributed by atoms with E-state index in [1.165, 1.54) is 19.4 Å². The number of piperidine rings is 1. The summed E-state index contributed by atoms with van der Waals surface area (Å²) >= 11 is 0. The van der Waals surface area contributed by atoms with Crippen LogP contribution in [0.1, 0.15) is 19.8 Å². The zero-order valence-electron chi connectivity index (χ0n) is 11.8. The van der Waals surface area contributed by atoms with Crippen molar-refractivity contribution in [3.05, 3.63) is 12.4 Å². The van der Waals surface area contributed by atoms with Gasteiger partial charge in [-0.2, -0.15) is 0 Å². The molecule has 1 aliphatic rings. The minimum atomic E-state index is 0.0964. The van der Waals surface area contributed by atoms with Crippen molar-refractivity contribution in [3.63, 3.8) is 0 Å². The zero-order valence-corrected chi connectivity index (χ0v) is 11.8. The second-order valence-corrected chi connectivity index (χ2v) is 5.28. The highest BCUT2D eigenvalue weighted by atomic mass is 16.2. The van der Waals surface area contributed by atoms with Crippen LogP contribution in [0.3, 0.4) is 0 Å². The molecule has 0 N–H and O–H groups in total. The molecule has 0 aromatic carbocycles. The molecule has 1 saturated heterocycles. The normalized spacial score (nSPS) is 20.4. The van der Waals surface area contributed by atoms with Gasteiger partial charge in [-0.1, -0.05) is 12.1 Å². The molecule has 6 heteroatoms. The molecule has 1 aromatic rings. The zero-order chi connectivity index (χ0) is 13.7. The molecule has 19 heavy (non-hydrogen) atoms. The van der Waals surface area contributed by atoms with Crippen molar-refractivity contribution in [2.75, 3.05) is 33.2 Å². The van der Waals surface area contributed by atoms with Crippen molar-refractivity contribution in [1.29, 1.82) is 0 Å². The monoisotopic (exact) mass is 265 g/mol. The molecule has 1 atom stereocenters. The Labute approximate surface area is 114 Å². The van der Waals surface area contributed by atoms with Gasteiger partial charge in [0.25, 0.3) is 0 Å². The Morgan fingerprint density at radius 2 is 2.37 bits per heavy atom. The van der Waals surface area contributed by atoms with Crippen LogP contribution in [0.4, 0.5) is 0 Å². The smallest absolute Gasteiger partial charge is 0.244 e. The Bertz CT molecular complexity index is 392. The average molecular weight is 265 g/mol. The fraction of sp³-hybridized carbons (Fsp3) is 0.769. The number of hydrogen-bond acceptors (Lipinski definition) is 4. The molecular formula is C13H23N5O. The topological polar surface area (TPSA) is 54.3 Å². The van der Waals surface area contributed by atoms with Crippen molar-refractivity contribution in [2.24, 2.45) is 5.92 Å². The van der Waals surface area contributed by atoms with Gasteiger partial charge in [-0.05, 0) is 31.8 Å². The Kier molecular flexibility index (Phi) is 4.90. The number of likely N-dealkylation sites (tertiary alicyclic amines) is 1. The summed E-state index contributed by atoms with van der Waals surface area (Å²) in [4.78, 5) is 16.3. The van der Waals surface area contributed by atoms with Crippen LogP contribution in [-0.2, 0) is 11.3 Å². The minimum Gasteiger partial charge on any atom is -0.344 e. The average Bonchev–Trinajstić information content (AvgIpc) is 2.91. The molecule has 0 aliphatic carbocycles. The molecule has 1 fully saturated rings. The molecule has 1 aliphatic heterocycles. The van der Waals surface area contributed by atoms with Crippen molar-refractivity contribution >= 4 is 5.91 Å². The van der Waals surface area contributed by atoms with E-state index in [4.69, 9.17) is 0 Å². The second kappa shape index (κ2) is 6.65. The van der Waals surface area contributed by atoms with E-state index >= 15 is 0 Å². The van der Waals surface area contributed by atoms with E-state index in [0.717, 1.165) is 19.6 Å². The summed E-state index contributed by atoms with van der Waals surface area (Å²) in [5.41, 5.74) is 0. The van der Waals surface area contributed by atoms with Crippen molar-refractivity contribution in [3.8, 4) is 0 Å². The van der Waals surface area contributed by atoms with Crippen molar-refractivity contribution < 1.29 is 4.79 Å². The van der Waals surface area contributed by atoms with E-state index in [0.29, 0.717) is 5.92 Å². The molecule has 0 spiro atoms. The number of carbonyl (C=O) groups is 1. The third kappa shape index (κ3) is 4.02. The largest absolute Gasteiger partial charge is 0.344 e. The van der Waals surface area contributed by atoms with Crippen LogP contribution in [0, 0.1) is 5.92 Å². The van der Waals surface area contributed by atoms with E-state index in [2.05, 4.69) is 22.1 Å². The van der Waals surface area contributed by atoms with Crippen LogP contribution in [0.2, 0.25) is 0 Å². The van der Waals surface area contributed by atoms with Gasteiger partial charge >= 0.3 is 0 Å². The van der Waals surface area contributed by atoms with Gasteiger partial charge in [0.15, 0.2) is 0 Å². The van der Waals surface area contributed by atoms with Crippen LogP contribution in [-0.4, -0.2) is 63.9 Å². The van der Waals surface area contributed by atoms with Gasteiger partial charge in [0.2, 0.25) is 5.91 Å². The summed E-state index contributed by atoms with van der Waals surface area (Å²) in [7, 11) is 1.88. The number of amides is 1. The molecule has 0 saturated carbocycles. The van der Waals surface area contributed by atoms with Crippen LogP contribution in [0.5, 0.6) is 0 Å². The molecule has 1 aromatic heterocycles. The van der Waals surface area contributed by atoms with E-state index < -0.39 is 0 Å². The van der Waals surface area contributed by atoms with Crippen LogP contribution >= 0.6 is 0 Å². The molecule has 1 amide bonds. The van der Waals surface area contributed by atoms with Crippen molar-refractivity contribution in [1.82, 2.24) is 24.8 Å². The number of hydrogen-bond donors (Lipinski definition) is 0. The van der Waals surface area contributed by atoms with Gasteiger partial charge in [-0.3, -0.25) is 4.79 Å². The molecule has 0 bridgehead atoms. The van der Waals surface area contributed by atoms with Gasteiger partial charge in [-0.25, -0.2) is 4.68 Å². The van der Waals surface area contributed by atoms with E-state index in [-0.39, 0.29) is 12.5 Å². The fourth-order valence-corrected chi connectivity index (χ4v) is 2.65. The maximum absolute atomic E-state index is 12.1. The standard InChI is InChI=1S/C13H23N5O/c1-3-17-7-4-5-12(10-17)9-16(2)13(19)11-18-8-6-14-15-18/h6,8,12H,3-5,7,9-11H2,1-2H3/t12-/m0/s1. The van der Waals surface area contributed by atoms with Gasteiger partial charge in [0.05, 0.1) is 6.20 Å². The molecule has 2 rings (SSSR count). The summed E-state index contributed by atoms with van der Waals surface area (Å²) in [6, 6.07) is 0. The van der Waals surface area contributed by atoms with Gasteiger partial charge in [-0.15, -0.1) is 5.10 Å². The Balaban J connectivity index is 1.79. The van der Waals surface area contributed by atoms with Crippen LogP contribution in [0.15, 0.2) is 12.4 Å². The van der Waals surface area contributed by atoms with E-state index in [1.807, 2.05) is 11.9 Å². The summed E-state index contributed by atoms with van der Waals surface area (Å²) < 4.78 is 1.57. The minimum absolute atomic E-state index is 0.0964. The quantitative estimate of drug-likeness (QED) is 0.776. The highest BCUT2D eigenvalue weighted by molar-refractivity contribution is 5.75. The SMILES string of the molecule is CCN1CCC[C@@H](CN(C)C(=O)Cn2ccnn2)C1. The number of nitrogens with zero attached hydrogens (tertiary/aromatic N) is 5. The molecule has 2 heterocycles. The molecule has 0 radical (unpaired) electrons. The first-order valence-corrected chi connectivity index (χ1v) is 6.99. The molecule has 106 valence electrons. The highest BCUT2D eigenvalue weighted by Gasteiger charge is 2.21. The van der Waals surface area contributed by atoms with Gasteiger partial charge in [0.1, 0.15) is 6.54 Å². The first-order valence-electron chi connectivity index (χ1n) is 6.99. The fourth-order valence-electron chi connectivity index (χ4n) is 2.65. The lowest BCUT2D eigenvalue weighted by atomic mass is 9.97. The lowest BCUT2D eigenvalue weighted by Gasteiger charge is -2.34. The maximum Gasteiger partial charge on any atom is 0.244 e. The van der Waals surface area contributed by atoms with Crippen molar-refractivity contribution in [2.45, 2.75) is 26.3 Å². The third-order valence-electron chi connectivity index (χ3n) is 3.78. The lowest BCUT2D eigenvalue weighted by Crippen LogP contribution is -2.42. The van der Waals surface area contributed by atoms with Gasteiger partial charge in [0, 0.05) is 26.3 Å². The van der Waals surface area contributed by atoms with Crippen LogP contribution < -0.4 is 0 Å². The Hall–Kier alpha value is -1.43. The predicted octanol–water partition coefficient (Wildman–Crippen LogP) is 0.468. The number of likely N-dealkylation sites (N-methyl/N-ethyl adjacent to an activating group) is 1. The third-order valence-corrected chi connectivity index (χ3v) is 3.78. The Morgan fingerprint density at radius 3 is 3.05 bits per heavy atom. The summed E-state index contributed by atoms with van der Waals surface area (Å²) in [5, 5.41) is 7.53. The first kappa shape index (κ1) is 14.0. The summed E-state index contributed by atoms with van der Waals surface area (Å²) in [6.45, 7) is 6.72.